The van der Waals surface area contributed by atoms with Crippen molar-refractivity contribution in [3.8, 4) is 22.8 Å². The normalized spacial score (nSPS) is 10.8. The van der Waals surface area contributed by atoms with E-state index in [1.165, 1.54) is 0 Å². The van der Waals surface area contributed by atoms with Crippen LogP contribution in [0.5, 0.6) is 11.5 Å². The number of nitrogens with zero attached hydrogens (tertiary/aromatic N) is 1. The molecule has 0 saturated heterocycles. The number of benzene rings is 1. The molecule has 0 atom stereocenters. The number of nitrogen functional groups attached to an aromatic ring is 1. The third-order valence-electron chi connectivity index (χ3n) is 2.40. The Labute approximate surface area is 119 Å². The van der Waals surface area contributed by atoms with Crippen molar-refractivity contribution in [2.24, 2.45) is 0 Å². The number of hydrogen-bond acceptors (Lipinski definition) is 5. The van der Waals surface area contributed by atoms with Gasteiger partial charge in [0.05, 0.1) is 18.8 Å². The topological polar surface area (TPSA) is 70.5 Å². The van der Waals surface area contributed by atoms with E-state index in [2.05, 4.69) is 21.1 Å². The van der Waals surface area contributed by atoms with Crippen LogP contribution in [0.25, 0.3) is 11.3 Å². The molecule has 2 rings (SSSR count). The fourth-order valence-corrected chi connectivity index (χ4v) is 2.12. The Kier molecular flexibility index (Phi) is 3.99. The molecule has 0 unspecified atom stereocenters. The van der Waals surface area contributed by atoms with Gasteiger partial charge in [0.15, 0.2) is 11.5 Å². The number of hydrogen-bond donors (Lipinski definition) is 1. The standard InChI is InChI=1S/C13H15BrN2O3/c1-7(2)18-13-9(10-6-12(15)19-16-10)4-8(14)5-11(13)17-3/h4-7H,15H2,1-3H3. The van der Waals surface area contributed by atoms with Crippen molar-refractivity contribution in [3.05, 3.63) is 22.7 Å². The lowest BCUT2D eigenvalue weighted by atomic mass is 10.1. The van der Waals surface area contributed by atoms with Crippen molar-refractivity contribution >= 4 is 21.8 Å². The quantitative estimate of drug-likeness (QED) is 0.931. The Morgan fingerprint density at radius 2 is 2.05 bits per heavy atom. The third-order valence-corrected chi connectivity index (χ3v) is 2.86. The van der Waals surface area contributed by atoms with Gasteiger partial charge in [-0.2, -0.15) is 0 Å². The number of ether oxygens (including phenoxy) is 2. The van der Waals surface area contributed by atoms with Crippen LogP contribution < -0.4 is 15.2 Å². The van der Waals surface area contributed by atoms with Crippen LogP contribution >= 0.6 is 15.9 Å². The molecule has 0 aliphatic rings. The summed E-state index contributed by atoms with van der Waals surface area (Å²) in [6, 6.07) is 5.37. The first-order chi connectivity index (χ1) is 9.01. The summed E-state index contributed by atoms with van der Waals surface area (Å²) in [5.41, 5.74) is 6.93. The molecule has 0 radical (unpaired) electrons. The molecule has 1 heterocycles. The molecule has 6 heteroatoms. The maximum atomic E-state index is 5.82. The highest BCUT2D eigenvalue weighted by atomic mass is 79.9. The minimum Gasteiger partial charge on any atom is -0.493 e. The van der Waals surface area contributed by atoms with Gasteiger partial charge in [-0.05, 0) is 26.0 Å². The number of rotatable bonds is 4. The fraction of sp³-hybridized carbons (Fsp3) is 0.308. The molecule has 2 N–H and O–H groups in total. The lowest BCUT2D eigenvalue weighted by Crippen LogP contribution is -2.08. The average molecular weight is 327 g/mol. The zero-order chi connectivity index (χ0) is 14.0. The second-order valence-electron chi connectivity index (χ2n) is 4.27. The molecule has 0 saturated carbocycles. The second-order valence-corrected chi connectivity index (χ2v) is 5.18. The summed E-state index contributed by atoms with van der Waals surface area (Å²) in [5, 5.41) is 3.91. The smallest absolute Gasteiger partial charge is 0.222 e. The Morgan fingerprint density at radius 1 is 1.32 bits per heavy atom. The van der Waals surface area contributed by atoms with Gasteiger partial charge in [0.1, 0.15) is 5.69 Å². The van der Waals surface area contributed by atoms with Crippen LogP contribution in [0.15, 0.2) is 27.2 Å². The van der Waals surface area contributed by atoms with E-state index in [0.29, 0.717) is 17.2 Å². The first kappa shape index (κ1) is 13.7. The Morgan fingerprint density at radius 3 is 2.58 bits per heavy atom. The molecule has 0 fully saturated rings. The third kappa shape index (κ3) is 3.01. The highest BCUT2D eigenvalue weighted by Crippen LogP contribution is 2.41. The van der Waals surface area contributed by atoms with Crippen molar-refractivity contribution in [1.29, 1.82) is 0 Å². The predicted octanol–water partition coefficient (Wildman–Crippen LogP) is 3.48. The van der Waals surface area contributed by atoms with Crippen LogP contribution in [0.3, 0.4) is 0 Å². The Bertz CT molecular complexity index is 581. The van der Waals surface area contributed by atoms with Gasteiger partial charge in [-0.3, -0.25) is 0 Å². The van der Waals surface area contributed by atoms with Gasteiger partial charge < -0.3 is 19.7 Å². The van der Waals surface area contributed by atoms with E-state index in [1.807, 2.05) is 26.0 Å². The van der Waals surface area contributed by atoms with E-state index in [1.54, 1.807) is 13.2 Å². The van der Waals surface area contributed by atoms with E-state index in [9.17, 15) is 0 Å². The van der Waals surface area contributed by atoms with Gasteiger partial charge in [-0.1, -0.05) is 21.1 Å². The summed E-state index contributed by atoms with van der Waals surface area (Å²) in [5.74, 6) is 1.50. The molecule has 5 nitrogen and oxygen atoms in total. The summed E-state index contributed by atoms with van der Waals surface area (Å²) in [4.78, 5) is 0. The lowest BCUT2D eigenvalue weighted by molar-refractivity contribution is 0.231. The van der Waals surface area contributed by atoms with Crippen molar-refractivity contribution in [3.63, 3.8) is 0 Å². The van der Waals surface area contributed by atoms with E-state index in [0.717, 1.165) is 10.0 Å². The number of nitrogens with two attached hydrogens (primary N) is 1. The maximum Gasteiger partial charge on any atom is 0.222 e. The van der Waals surface area contributed by atoms with Gasteiger partial charge >= 0.3 is 0 Å². The lowest BCUT2D eigenvalue weighted by Gasteiger charge is -2.16. The van der Waals surface area contributed by atoms with E-state index in [-0.39, 0.29) is 12.0 Å². The second kappa shape index (κ2) is 5.52. The molecule has 0 bridgehead atoms. The minimum atomic E-state index is 0.0121. The van der Waals surface area contributed by atoms with Gasteiger partial charge in [0, 0.05) is 10.5 Å². The molecule has 1 aromatic carbocycles. The van der Waals surface area contributed by atoms with Crippen LogP contribution in [0, 0.1) is 0 Å². The summed E-state index contributed by atoms with van der Waals surface area (Å²) < 4.78 is 16.9. The molecule has 0 amide bonds. The molecule has 0 spiro atoms. The maximum absolute atomic E-state index is 5.82. The fourth-order valence-electron chi connectivity index (χ4n) is 1.68. The molecule has 1 aromatic heterocycles. The number of halogens is 1. The largest absolute Gasteiger partial charge is 0.493 e. The minimum absolute atomic E-state index is 0.0121. The van der Waals surface area contributed by atoms with Gasteiger partial charge in [0.25, 0.3) is 0 Å². The van der Waals surface area contributed by atoms with Crippen LogP contribution in [0.1, 0.15) is 13.8 Å². The van der Waals surface area contributed by atoms with Crippen LogP contribution in [0.2, 0.25) is 0 Å². The first-order valence-corrected chi connectivity index (χ1v) is 6.57. The monoisotopic (exact) mass is 326 g/mol. The van der Waals surface area contributed by atoms with Crippen LogP contribution in [0.4, 0.5) is 5.88 Å². The SMILES string of the molecule is COc1cc(Br)cc(-c2cc(N)on2)c1OC(C)C. The van der Waals surface area contributed by atoms with Gasteiger partial charge in [0.2, 0.25) is 5.88 Å². The number of anilines is 1. The van der Waals surface area contributed by atoms with Crippen LogP contribution in [-0.2, 0) is 0 Å². The molecule has 0 aliphatic heterocycles. The Hall–Kier alpha value is -1.69. The van der Waals surface area contributed by atoms with E-state index >= 15 is 0 Å². The molecule has 19 heavy (non-hydrogen) atoms. The first-order valence-electron chi connectivity index (χ1n) is 5.78. The highest BCUT2D eigenvalue weighted by Gasteiger charge is 2.18. The molecule has 2 aromatic rings. The predicted molar refractivity (Wildman–Crippen MR) is 76.4 cm³/mol. The zero-order valence-electron chi connectivity index (χ0n) is 10.9. The highest BCUT2D eigenvalue weighted by molar-refractivity contribution is 9.10. The molecule has 0 aliphatic carbocycles. The summed E-state index contributed by atoms with van der Waals surface area (Å²) >= 11 is 3.43. The summed E-state index contributed by atoms with van der Waals surface area (Å²) in [7, 11) is 1.59. The Balaban J connectivity index is 2.59. The van der Waals surface area contributed by atoms with Crippen molar-refractivity contribution in [2.45, 2.75) is 20.0 Å². The molecule has 102 valence electrons. The zero-order valence-corrected chi connectivity index (χ0v) is 12.5. The van der Waals surface area contributed by atoms with Gasteiger partial charge in [-0.15, -0.1) is 0 Å². The number of aromatic nitrogens is 1. The average Bonchev–Trinajstić information content (AvgIpc) is 2.77. The molecular formula is C13H15BrN2O3. The van der Waals surface area contributed by atoms with Crippen LogP contribution in [-0.4, -0.2) is 18.4 Å². The van der Waals surface area contributed by atoms with E-state index in [4.69, 9.17) is 19.7 Å². The van der Waals surface area contributed by atoms with Crippen molar-refractivity contribution in [2.75, 3.05) is 12.8 Å². The summed E-state index contributed by atoms with van der Waals surface area (Å²) in [6.07, 6.45) is 0.0121. The van der Waals surface area contributed by atoms with E-state index < -0.39 is 0 Å². The molecular weight excluding hydrogens is 312 g/mol. The van der Waals surface area contributed by atoms with Crippen molar-refractivity contribution < 1.29 is 14.0 Å². The van der Waals surface area contributed by atoms with Gasteiger partial charge in [-0.25, -0.2) is 0 Å². The van der Waals surface area contributed by atoms with Crippen molar-refractivity contribution in [1.82, 2.24) is 5.16 Å². The summed E-state index contributed by atoms with van der Waals surface area (Å²) in [6.45, 7) is 3.89. The number of methoxy groups -OCH3 is 1.